The number of oxazole rings is 1. The van der Waals surface area contributed by atoms with Gasteiger partial charge in [0.15, 0.2) is 5.89 Å². The first kappa shape index (κ1) is 22.7. The van der Waals surface area contributed by atoms with Gasteiger partial charge in [0.1, 0.15) is 23.0 Å². The van der Waals surface area contributed by atoms with Gasteiger partial charge in [0.05, 0.1) is 26.3 Å². The van der Waals surface area contributed by atoms with Gasteiger partial charge in [0.25, 0.3) is 5.91 Å². The number of hydrogen-bond acceptors (Lipinski definition) is 7. The summed E-state index contributed by atoms with van der Waals surface area (Å²) in [6.07, 6.45) is 4.21. The second-order valence-electron chi connectivity index (χ2n) is 8.58. The van der Waals surface area contributed by atoms with Crippen molar-refractivity contribution < 1.29 is 23.2 Å². The second-order valence-corrected chi connectivity index (χ2v) is 8.58. The quantitative estimate of drug-likeness (QED) is 0.375. The number of benzene rings is 2. The molecular formula is C27H27N3O5. The third-order valence-electron chi connectivity index (χ3n) is 6.27. The molecule has 4 aromatic rings. The van der Waals surface area contributed by atoms with E-state index in [0.29, 0.717) is 31.1 Å². The number of methoxy groups -OCH3 is 2. The molecule has 0 N–H and O–H groups in total. The van der Waals surface area contributed by atoms with Crippen LogP contribution in [0, 0.1) is 0 Å². The van der Waals surface area contributed by atoms with E-state index in [1.54, 1.807) is 31.4 Å². The average molecular weight is 474 g/mol. The van der Waals surface area contributed by atoms with Crippen LogP contribution in [0.15, 0.2) is 69.7 Å². The number of ether oxygens (including phenoxy) is 2. The number of nitrogens with zero attached hydrogens (tertiary/aromatic N) is 3. The van der Waals surface area contributed by atoms with Gasteiger partial charge in [-0.1, -0.05) is 17.3 Å². The van der Waals surface area contributed by atoms with Gasteiger partial charge in [0.2, 0.25) is 5.76 Å². The third kappa shape index (κ3) is 5.06. The van der Waals surface area contributed by atoms with Crippen LogP contribution in [0.25, 0.3) is 11.3 Å². The molecule has 8 nitrogen and oxygen atoms in total. The van der Waals surface area contributed by atoms with E-state index in [-0.39, 0.29) is 17.6 Å². The zero-order chi connectivity index (χ0) is 24.2. The van der Waals surface area contributed by atoms with Crippen LogP contribution < -0.4 is 9.47 Å². The molecule has 1 aliphatic rings. The van der Waals surface area contributed by atoms with Gasteiger partial charge in [-0.05, 0) is 54.8 Å². The van der Waals surface area contributed by atoms with E-state index < -0.39 is 0 Å². The highest BCUT2D eigenvalue weighted by atomic mass is 16.5. The molecule has 1 fully saturated rings. The van der Waals surface area contributed by atoms with Crippen molar-refractivity contribution in [3.05, 3.63) is 83.8 Å². The minimum atomic E-state index is -0.174. The van der Waals surface area contributed by atoms with Gasteiger partial charge < -0.3 is 23.3 Å². The zero-order valence-corrected chi connectivity index (χ0v) is 19.8. The predicted octanol–water partition coefficient (Wildman–Crippen LogP) is 4.96. The maximum absolute atomic E-state index is 13.1. The molecule has 0 spiro atoms. The summed E-state index contributed by atoms with van der Waals surface area (Å²) in [4.78, 5) is 19.4. The summed E-state index contributed by atoms with van der Waals surface area (Å²) >= 11 is 0. The van der Waals surface area contributed by atoms with Crippen molar-refractivity contribution in [3.63, 3.8) is 0 Å². The molecule has 2 aromatic heterocycles. The Morgan fingerprint density at radius 1 is 1.06 bits per heavy atom. The summed E-state index contributed by atoms with van der Waals surface area (Å²) < 4.78 is 21.9. The molecule has 2 aromatic carbocycles. The molecule has 8 heteroatoms. The molecule has 3 heterocycles. The molecule has 1 aliphatic heterocycles. The van der Waals surface area contributed by atoms with Crippen LogP contribution in [0.2, 0.25) is 0 Å². The van der Waals surface area contributed by atoms with E-state index >= 15 is 0 Å². The Bertz CT molecular complexity index is 1280. The van der Waals surface area contributed by atoms with Crippen LogP contribution >= 0.6 is 0 Å². The average Bonchev–Trinajstić information content (AvgIpc) is 3.59. The van der Waals surface area contributed by atoms with Crippen molar-refractivity contribution in [1.82, 2.24) is 15.0 Å². The highest BCUT2D eigenvalue weighted by Gasteiger charge is 2.30. The number of likely N-dealkylation sites (tertiary alicyclic amines) is 1. The van der Waals surface area contributed by atoms with E-state index in [0.717, 1.165) is 41.2 Å². The van der Waals surface area contributed by atoms with E-state index in [9.17, 15) is 4.79 Å². The first-order valence-corrected chi connectivity index (χ1v) is 11.6. The number of amides is 1. The minimum Gasteiger partial charge on any atom is -0.497 e. The molecule has 0 bridgehead atoms. The smallest absolute Gasteiger partial charge is 0.292 e. The molecule has 35 heavy (non-hydrogen) atoms. The molecule has 1 amide bonds. The number of carbonyl (C=O) groups is 1. The lowest BCUT2D eigenvalue weighted by Crippen LogP contribution is -2.39. The summed E-state index contributed by atoms with van der Waals surface area (Å²) in [5.74, 6) is 3.14. The Labute approximate surface area is 203 Å². The molecule has 5 rings (SSSR count). The molecule has 1 saturated heterocycles. The molecule has 0 saturated carbocycles. The highest BCUT2D eigenvalue weighted by molar-refractivity contribution is 5.92. The van der Waals surface area contributed by atoms with Crippen molar-refractivity contribution in [1.29, 1.82) is 0 Å². The topological polar surface area (TPSA) is 90.8 Å². The number of piperidine rings is 1. The molecule has 0 radical (unpaired) electrons. The lowest BCUT2D eigenvalue weighted by Gasteiger charge is -2.30. The van der Waals surface area contributed by atoms with Gasteiger partial charge >= 0.3 is 0 Å². The van der Waals surface area contributed by atoms with Crippen LogP contribution in [-0.4, -0.2) is 48.3 Å². The van der Waals surface area contributed by atoms with E-state index in [1.807, 2.05) is 48.5 Å². The number of carbonyl (C=O) groups excluding carboxylic acids is 1. The Hall–Kier alpha value is -4.07. The minimum absolute atomic E-state index is 0.0429. The largest absolute Gasteiger partial charge is 0.497 e. The highest BCUT2D eigenvalue weighted by Crippen LogP contribution is 2.29. The molecule has 180 valence electrons. The Morgan fingerprint density at radius 3 is 2.49 bits per heavy atom. The second kappa shape index (κ2) is 10.0. The summed E-state index contributed by atoms with van der Waals surface area (Å²) in [7, 11) is 3.27. The fraction of sp³-hybridized carbons (Fsp3) is 0.296. The number of hydrogen-bond donors (Lipinski definition) is 0. The lowest BCUT2D eigenvalue weighted by molar-refractivity contribution is 0.0656. The number of aromatic nitrogens is 2. The Kier molecular flexibility index (Phi) is 6.52. The van der Waals surface area contributed by atoms with Crippen molar-refractivity contribution in [2.75, 3.05) is 27.3 Å². The summed E-state index contributed by atoms with van der Waals surface area (Å²) in [5.41, 5.74) is 2.58. The first-order chi connectivity index (χ1) is 17.1. The van der Waals surface area contributed by atoms with E-state index in [4.69, 9.17) is 18.4 Å². The Balaban J connectivity index is 1.23. The fourth-order valence-corrected chi connectivity index (χ4v) is 4.33. The molecular weight excluding hydrogens is 446 g/mol. The van der Waals surface area contributed by atoms with Crippen molar-refractivity contribution in [2.24, 2.45) is 0 Å². The van der Waals surface area contributed by atoms with Gasteiger partial charge in [-0.3, -0.25) is 4.79 Å². The van der Waals surface area contributed by atoms with Crippen molar-refractivity contribution in [2.45, 2.75) is 25.2 Å². The third-order valence-corrected chi connectivity index (χ3v) is 6.27. The lowest BCUT2D eigenvalue weighted by atomic mass is 9.97. The van der Waals surface area contributed by atoms with Gasteiger partial charge in [-0.2, -0.15) is 0 Å². The molecule has 0 unspecified atom stereocenters. The van der Waals surface area contributed by atoms with Crippen LogP contribution in [0.3, 0.4) is 0 Å². The number of rotatable bonds is 7. The SMILES string of the molecule is COc1ccc(Cc2cnc([C@H]3CCCN(C(=O)c4cc(-c5ccc(OC)cc5)no4)C3)o2)cc1. The zero-order valence-electron chi connectivity index (χ0n) is 19.8. The summed E-state index contributed by atoms with van der Waals surface area (Å²) in [6.45, 7) is 1.19. The van der Waals surface area contributed by atoms with Gasteiger partial charge in [-0.15, -0.1) is 0 Å². The first-order valence-electron chi connectivity index (χ1n) is 11.6. The van der Waals surface area contributed by atoms with Crippen LogP contribution in [-0.2, 0) is 6.42 Å². The summed E-state index contributed by atoms with van der Waals surface area (Å²) in [5, 5.41) is 4.09. The van der Waals surface area contributed by atoms with Crippen molar-refractivity contribution >= 4 is 5.91 Å². The van der Waals surface area contributed by atoms with Gasteiger partial charge in [0, 0.05) is 31.1 Å². The summed E-state index contributed by atoms with van der Waals surface area (Å²) in [6, 6.07) is 17.0. The predicted molar refractivity (Wildman–Crippen MR) is 129 cm³/mol. The normalized spacial score (nSPS) is 15.7. The maximum Gasteiger partial charge on any atom is 0.292 e. The monoisotopic (exact) mass is 473 g/mol. The molecule has 0 aliphatic carbocycles. The van der Waals surface area contributed by atoms with Crippen molar-refractivity contribution in [3.8, 4) is 22.8 Å². The van der Waals surface area contributed by atoms with Crippen LogP contribution in [0.4, 0.5) is 0 Å². The van der Waals surface area contributed by atoms with Crippen LogP contribution in [0.1, 0.15) is 46.5 Å². The fourth-order valence-electron chi connectivity index (χ4n) is 4.33. The maximum atomic E-state index is 13.1. The van der Waals surface area contributed by atoms with E-state index in [2.05, 4.69) is 10.1 Å². The van der Waals surface area contributed by atoms with Gasteiger partial charge in [-0.25, -0.2) is 4.98 Å². The van der Waals surface area contributed by atoms with Crippen LogP contribution in [0.5, 0.6) is 11.5 Å². The molecule has 1 atom stereocenters. The standard InChI is InChI=1S/C27H27N3O5/c1-32-21-9-5-18(6-10-21)14-23-16-28-26(34-23)20-4-3-13-30(17-20)27(31)25-15-24(29-35-25)19-7-11-22(33-2)12-8-19/h5-12,15-16,20H,3-4,13-14,17H2,1-2H3/t20-/m0/s1. The van der Waals surface area contributed by atoms with E-state index in [1.165, 1.54) is 0 Å². The Morgan fingerprint density at radius 2 is 1.77 bits per heavy atom.